The van der Waals surface area contributed by atoms with Crippen LogP contribution in [0.1, 0.15) is 32.7 Å². The zero-order valence-electron chi connectivity index (χ0n) is 18.3. The Kier molecular flexibility index (Phi) is 6.96. The molecule has 4 N–H and O–H groups in total. The molecule has 1 aliphatic rings. The summed E-state index contributed by atoms with van der Waals surface area (Å²) in [6.07, 6.45) is -0.0509. The van der Waals surface area contributed by atoms with Crippen LogP contribution >= 0.6 is 11.6 Å². The van der Waals surface area contributed by atoms with E-state index in [9.17, 15) is 15.0 Å². The molecular formula is C22H27ClN6O4. The Morgan fingerprint density at radius 1 is 1.27 bits per heavy atom. The summed E-state index contributed by atoms with van der Waals surface area (Å²) in [7, 11) is 0. The molecule has 0 unspecified atom stereocenters. The second-order valence-electron chi connectivity index (χ2n) is 8.15. The first-order valence-corrected chi connectivity index (χ1v) is 11.2. The number of aliphatic hydroxyl groups is 2. The van der Waals surface area contributed by atoms with Crippen LogP contribution in [-0.4, -0.2) is 66.5 Å². The van der Waals surface area contributed by atoms with E-state index in [1.54, 1.807) is 11.5 Å². The number of anilines is 1. The van der Waals surface area contributed by atoms with Crippen molar-refractivity contribution in [2.24, 2.45) is 0 Å². The highest BCUT2D eigenvalue weighted by molar-refractivity contribution is 6.28. The van der Waals surface area contributed by atoms with Crippen molar-refractivity contribution < 1.29 is 19.7 Å². The number of carbonyl (C=O) groups is 1. The van der Waals surface area contributed by atoms with Crippen molar-refractivity contribution in [2.45, 2.75) is 57.0 Å². The minimum atomic E-state index is -1.10. The number of rotatable bonds is 8. The maximum absolute atomic E-state index is 11.8. The Bertz CT molecular complexity index is 1110. The van der Waals surface area contributed by atoms with E-state index >= 15 is 0 Å². The molecule has 10 nitrogen and oxygen atoms in total. The van der Waals surface area contributed by atoms with E-state index in [1.165, 1.54) is 6.33 Å². The molecule has 1 saturated carbocycles. The molecule has 5 atom stereocenters. The van der Waals surface area contributed by atoms with E-state index in [0.717, 1.165) is 5.75 Å². The number of aliphatic hydroxyl groups excluding tert-OH is 2. The first-order valence-electron chi connectivity index (χ1n) is 10.9. The molecule has 0 bridgehead atoms. The number of para-hydroxylation sites is 1. The molecule has 0 saturated heterocycles. The fourth-order valence-electron chi connectivity index (χ4n) is 3.98. The highest BCUT2D eigenvalue weighted by Crippen LogP contribution is 2.34. The van der Waals surface area contributed by atoms with Gasteiger partial charge in [0.1, 0.15) is 24.6 Å². The van der Waals surface area contributed by atoms with Gasteiger partial charge in [-0.05, 0) is 37.1 Å². The Labute approximate surface area is 196 Å². The van der Waals surface area contributed by atoms with Crippen molar-refractivity contribution in [2.75, 3.05) is 11.9 Å². The molecular weight excluding hydrogens is 448 g/mol. The summed E-state index contributed by atoms with van der Waals surface area (Å²) >= 11 is 6.19. The van der Waals surface area contributed by atoms with E-state index in [4.69, 9.17) is 16.3 Å². The largest absolute Gasteiger partial charge is 0.491 e. The summed E-state index contributed by atoms with van der Waals surface area (Å²) in [5.74, 6) is 1.02. The minimum Gasteiger partial charge on any atom is -0.491 e. The fraction of sp³-hybridized carbons (Fsp3) is 0.455. The molecule has 33 heavy (non-hydrogen) atoms. The quantitative estimate of drug-likeness (QED) is 0.364. The Morgan fingerprint density at radius 3 is 2.76 bits per heavy atom. The molecule has 2 aromatic heterocycles. The van der Waals surface area contributed by atoms with Crippen LogP contribution in [0, 0.1) is 0 Å². The molecule has 1 aromatic carbocycles. The number of benzene rings is 1. The molecule has 1 aliphatic carbocycles. The van der Waals surface area contributed by atoms with Gasteiger partial charge < -0.3 is 30.2 Å². The van der Waals surface area contributed by atoms with E-state index in [1.807, 2.05) is 37.3 Å². The molecule has 11 heteroatoms. The highest BCUT2D eigenvalue weighted by atomic mass is 35.5. The van der Waals surface area contributed by atoms with Gasteiger partial charge in [-0.2, -0.15) is 9.97 Å². The molecule has 1 fully saturated rings. The van der Waals surface area contributed by atoms with Gasteiger partial charge in [0.25, 0.3) is 0 Å². The van der Waals surface area contributed by atoms with Crippen LogP contribution in [0.25, 0.3) is 11.2 Å². The number of amides is 1. The van der Waals surface area contributed by atoms with Crippen LogP contribution in [0.3, 0.4) is 0 Å². The van der Waals surface area contributed by atoms with E-state index < -0.39 is 24.3 Å². The molecule has 176 valence electrons. The zero-order valence-corrected chi connectivity index (χ0v) is 19.1. The lowest BCUT2D eigenvalue weighted by Crippen LogP contribution is -2.42. The number of nitrogens with one attached hydrogen (secondary N) is 2. The van der Waals surface area contributed by atoms with Gasteiger partial charge in [0.05, 0.1) is 24.5 Å². The van der Waals surface area contributed by atoms with Gasteiger partial charge in [0.2, 0.25) is 11.2 Å². The number of carbonyl (C=O) groups excluding carboxylic acids is 1. The first-order chi connectivity index (χ1) is 15.9. The summed E-state index contributed by atoms with van der Waals surface area (Å²) < 4.78 is 7.46. The number of ether oxygens (including phenoxy) is 1. The van der Waals surface area contributed by atoms with Crippen LogP contribution in [0.2, 0.25) is 5.28 Å². The summed E-state index contributed by atoms with van der Waals surface area (Å²) in [6.45, 7) is 4.06. The average Bonchev–Trinajstić information content (AvgIpc) is 3.34. The van der Waals surface area contributed by atoms with Crippen molar-refractivity contribution in [1.82, 2.24) is 24.8 Å². The van der Waals surface area contributed by atoms with Gasteiger partial charge in [-0.15, -0.1) is 0 Å². The third-order valence-electron chi connectivity index (χ3n) is 5.70. The maximum atomic E-state index is 11.8. The Morgan fingerprint density at radius 2 is 2.03 bits per heavy atom. The normalized spacial score (nSPS) is 23.4. The van der Waals surface area contributed by atoms with Crippen LogP contribution in [0.4, 0.5) is 5.82 Å². The lowest BCUT2D eigenvalue weighted by Gasteiger charge is -2.19. The number of hydrogen-bond acceptors (Lipinski definition) is 8. The van der Waals surface area contributed by atoms with Crippen LogP contribution in [0.15, 0.2) is 36.7 Å². The molecule has 0 aliphatic heterocycles. The van der Waals surface area contributed by atoms with Gasteiger partial charge in [0.15, 0.2) is 17.0 Å². The number of nitrogens with zero attached hydrogens (tertiary/aromatic N) is 4. The third-order valence-corrected chi connectivity index (χ3v) is 5.87. The third kappa shape index (κ3) is 5.02. The standard InChI is InChI=1S/C22H27ClN6O4/c1-3-16(30)26-14-9-15(19(32)18(14)31)29-11-24-17-20(27-22(23)28-21(17)29)25-12(2)10-33-13-7-5-4-6-8-13/h4-8,11-12,14-15,18-19,31-32H,3,9-10H2,1-2H3,(H,26,30)(H,25,27,28)/t12-,14+,15-,18-,19+/m1/s1. The van der Waals surface area contributed by atoms with Crippen LogP contribution < -0.4 is 15.4 Å². The molecule has 3 aromatic rings. The average molecular weight is 475 g/mol. The monoisotopic (exact) mass is 474 g/mol. The van der Waals surface area contributed by atoms with Crippen molar-refractivity contribution in [3.63, 3.8) is 0 Å². The van der Waals surface area contributed by atoms with Crippen molar-refractivity contribution in [1.29, 1.82) is 0 Å². The van der Waals surface area contributed by atoms with Gasteiger partial charge >= 0.3 is 0 Å². The van der Waals surface area contributed by atoms with E-state index in [2.05, 4.69) is 25.6 Å². The number of halogens is 1. The van der Waals surface area contributed by atoms with Crippen molar-refractivity contribution in [3.8, 4) is 5.75 Å². The minimum absolute atomic E-state index is 0.0202. The van der Waals surface area contributed by atoms with Gasteiger partial charge in [0, 0.05) is 6.42 Å². The van der Waals surface area contributed by atoms with Crippen molar-refractivity contribution in [3.05, 3.63) is 41.9 Å². The van der Waals surface area contributed by atoms with Crippen molar-refractivity contribution >= 4 is 34.5 Å². The zero-order chi connectivity index (χ0) is 23.5. The summed E-state index contributed by atoms with van der Waals surface area (Å²) in [5, 5.41) is 27.1. The lowest BCUT2D eigenvalue weighted by atomic mass is 10.2. The first kappa shape index (κ1) is 23.2. The molecule has 0 radical (unpaired) electrons. The van der Waals surface area contributed by atoms with Crippen LogP contribution in [0.5, 0.6) is 5.75 Å². The number of imidazole rings is 1. The molecule has 2 heterocycles. The topological polar surface area (TPSA) is 134 Å². The molecule has 1 amide bonds. The Hall–Kier alpha value is -2.95. The molecule has 4 rings (SSSR count). The second-order valence-corrected chi connectivity index (χ2v) is 8.48. The summed E-state index contributed by atoms with van der Waals surface area (Å²) in [6, 6.07) is 8.27. The van der Waals surface area contributed by atoms with Gasteiger partial charge in [-0.25, -0.2) is 4.98 Å². The van der Waals surface area contributed by atoms with Gasteiger partial charge in [-0.3, -0.25) is 4.79 Å². The van der Waals surface area contributed by atoms with Gasteiger partial charge in [-0.1, -0.05) is 25.1 Å². The smallest absolute Gasteiger partial charge is 0.226 e. The van der Waals surface area contributed by atoms with E-state index in [0.29, 0.717) is 36.4 Å². The molecule has 0 spiro atoms. The number of hydrogen-bond donors (Lipinski definition) is 4. The second kappa shape index (κ2) is 9.90. The maximum Gasteiger partial charge on any atom is 0.226 e. The lowest BCUT2D eigenvalue weighted by molar-refractivity contribution is -0.122. The highest BCUT2D eigenvalue weighted by Gasteiger charge is 2.43. The fourth-order valence-corrected chi connectivity index (χ4v) is 4.15. The predicted molar refractivity (Wildman–Crippen MR) is 123 cm³/mol. The van der Waals surface area contributed by atoms with Crippen LogP contribution in [-0.2, 0) is 4.79 Å². The summed E-state index contributed by atoms with van der Waals surface area (Å²) in [5.41, 5.74) is 0.904. The number of aromatic nitrogens is 4. The number of fused-ring (bicyclic) bond motifs is 1. The predicted octanol–water partition coefficient (Wildman–Crippen LogP) is 1.92. The van der Waals surface area contributed by atoms with E-state index in [-0.39, 0.29) is 17.2 Å². The Balaban J connectivity index is 1.53. The SMILES string of the molecule is CCC(=O)N[C@H]1C[C@@H](n2cnc3c(N[C@H](C)COc4ccccc4)nc(Cl)nc32)[C@H](O)[C@@H]1O. The summed E-state index contributed by atoms with van der Waals surface area (Å²) in [4.78, 5) is 24.8.